The first-order valence-corrected chi connectivity index (χ1v) is 8.07. The largest absolute Gasteiger partial charge is 0.493 e. The number of aliphatic hydroxyl groups is 1. The predicted octanol–water partition coefficient (Wildman–Crippen LogP) is 1.89. The molecule has 1 aliphatic carbocycles. The SMILES string of the molecule is COc1ccc2c3c1O[C@H]1C[C@@H](O)C=C[C@@]31CCN(C)CC2. The molecule has 0 saturated carbocycles. The zero-order chi connectivity index (χ0) is 15.3. The Balaban J connectivity index is 1.93. The first kappa shape index (κ1) is 14.1. The Morgan fingerprint density at radius 1 is 1.36 bits per heavy atom. The van der Waals surface area contributed by atoms with Crippen LogP contribution >= 0.6 is 0 Å². The quantitative estimate of drug-likeness (QED) is 0.805. The molecule has 4 nitrogen and oxygen atoms in total. The van der Waals surface area contributed by atoms with Gasteiger partial charge in [0, 0.05) is 18.5 Å². The summed E-state index contributed by atoms with van der Waals surface area (Å²) in [5.74, 6) is 1.71. The third-order valence-corrected chi connectivity index (χ3v) is 5.47. The van der Waals surface area contributed by atoms with E-state index in [1.165, 1.54) is 11.1 Å². The van der Waals surface area contributed by atoms with Gasteiger partial charge in [-0.1, -0.05) is 18.2 Å². The molecule has 1 spiro atoms. The summed E-state index contributed by atoms with van der Waals surface area (Å²) in [6.07, 6.45) is 6.42. The first-order valence-electron chi connectivity index (χ1n) is 8.07. The molecule has 2 heterocycles. The molecule has 1 N–H and O–H groups in total. The molecular weight excluding hydrogens is 278 g/mol. The van der Waals surface area contributed by atoms with E-state index in [4.69, 9.17) is 9.47 Å². The fraction of sp³-hybridized carbons (Fsp3) is 0.556. The number of nitrogens with zero attached hydrogens (tertiary/aromatic N) is 1. The minimum absolute atomic E-state index is 0.00375. The summed E-state index contributed by atoms with van der Waals surface area (Å²) < 4.78 is 11.8. The number of likely N-dealkylation sites (N-methyl/N-ethyl adjacent to an activating group) is 1. The van der Waals surface area contributed by atoms with Crippen molar-refractivity contribution in [1.82, 2.24) is 4.90 Å². The van der Waals surface area contributed by atoms with Crippen molar-refractivity contribution in [3.63, 3.8) is 0 Å². The smallest absolute Gasteiger partial charge is 0.166 e. The van der Waals surface area contributed by atoms with Crippen LogP contribution in [0.5, 0.6) is 11.5 Å². The Morgan fingerprint density at radius 2 is 2.23 bits per heavy atom. The summed E-state index contributed by atoms with van der Waals surface area (Å²) in [5, 5.41) is 10.0. The maximum atomic E-state index is 10.0. The molecule has 4 heteroatoms. The molecule has 0 aromatic heterocycles. The van der Waals surface area contributed by atoms with E-state index >= 15 is 0 Å². The maximum absolute atomic E-state index is 10.0. The molecule has 22 heavy (non-hydrogen) atoms. The van der Waals surface area contributed by atoms with Crippen LogP contribution in [-0.2, 0) is 11.8 Å². The highest BCUT2D eigenvalue weighted by Crippen LogP contribution is 2.55. The lowest BCUT2D eigenvalue weighted by Gasteiger charge is -2.39. The number of aliphatic hydroxyl groups excluding tert-OH is 1. The molecule has 0 bridgehead atoms. The molecule has 3 aliphatic rings. The second-order valence-corrected chi connectivity index (χ2v) is 6.74. The molecule has 0 amide bonds. The highest BCUT2D eigenvalue weighted by atomic mass is 16.5. The topological polar surface area (TPSA) is 41.9 Å². The molecule has 0 radical (unpaired) electrons. The number of hydrogen-bond acceptors (Lipinski definition) is 4. The molecule has 4 rings (SSSR count). The zero-order valence-corrected chi connectivity index (χ0v) is 13.2. The molecule has 3 atom stereocenters. The number of benzene rings is 1. The fourth-order valence-electron chi connectivity index (χ4n) is 4.21. The van der Waals surface area contributed by atoms with Gasteiger partial charge in [-0.05, 0) is 38.1 Å². The van der Waals surface area contributed by atoms with Gasteiger partial charge in [0.05, 0.1) is 18.6 Å². The van der Waals surface area contributed by atoms with Crippen LogP contribution < -0.4 is 9.47 Å². The van der Waals surface area contributed by atoms with Crippen LogP contribution in [0, 0.1) is 0 Å². The van der Waals surface area contributed by atoms with Gasteiger partial charge >= 0.3 is 0 Å². The second kappa shape index (κ2) is 5.00. The van der Waals surface area contributed by atoms with Gasteiger partial charge in [-0.25, -0.2) is 0 Å². The van der Waals surface area contributed by atoms with Crippen LogP contribution in [0.3, 0.4) is 0 Å². The van der Waals surface area contributed by atoms with Crippen molar-refractivity contribution in [2.45, 2.75) is 36.9 Å². The van der Waals surface area contributed by atoms with Crippen LogP contribution in [-0.4, -0.2) is 49.5 Å². The van der Waals surface area contributed by atoms with Crippen molar-refractivity contribution in [1.29, 1.82) is 0 Å². The molecule has 1 aromatic rings. The maximum Gasteiger partial charge on any atom is 0.166 e. The van der Waals surface area contributed by atoms with E-state index < -0.39 is 6.10 Å². The number of rotatable bonds is 1. The van der Waals surface area contributed by atoms with Gasteiger partial charge in [-0.2, -0.15) is 0 Å². The van der Waals surface area contributed by atoms with Crippen LogP contribution in [0.4, 0.5) is 0 Å². The fourth-order valence-corrected chi connectivity index (χ4v) is 4.21. The normalized spacial score (nSPS) is 33.4. The van der Waals surface area contributed by atoms with Crippen molar-refractivity contribution >= 4 is 0 Å². The third kappa shape index (κ3) is 1.90. The van der Waals surface area contributed by atoms with Gasteiger partial charge in [0.1, 0.15) is 6.10 Å². The van der Waals surface area contributed by atoms with E-state index in [9.17, 15) is 5.11 Å². The summed E-state index contributed by atoms with van der Waals surface area (Å²) in [4.78, 5) is 2.38. The number of ether oxygens (including phenoxy) is 2. The molecule has 1 aromatic carbocycles. The zero-order valence-electron chi connectivity index (χ0n) is 13.2. The molecule has 0 saturated heterocycles. The average Bonchev–Trinajstić information content (AvgIpc) is 2.84. The van der Waals surface area contributed by atoms with Crippen molar-refractivity contribution in [2.24, 2.45) is 0 Å². The van der Waals surface area contributed by atoms with Gasteiger partial charge in [0.25, 0.3) is 0 Å². The Hall–Kier alpha value is -1.52. The summed E-state index contributed by atoms with van der Waals surface area (Å²) in [6.45, 7) is 2.10. The van der Waals surface area contributed by atoms with Gasteiger partial charge in [-0.3, -0.25) is 0 Å². The Morgan fingerprint density at radius 3 is 3.05 bits per heavy atom. The van der Waals surface area contributed by atoms with E-state index in [0.717, 1.165) is 37.4 Å². The van der Waals surface area contributed by atoms with Crippen molar-refractivity contribution in [3.8, 4) is 11.5 Å². The van der Waals surface area contributed by atoms with Crippen LogP contribution in [0.1, 0.15) is 24.0 Å². The van der Waals surface area contributed by atoms with Crippen LogP contribution in [0.15, 0.2) is 24.3 Å². The molecular formula is C18H23NO3. The summed E-state index contributed by atoms with van der Waals surface area (Å²) in [5.41, 5.74) is 2.53. The van der Waals surface area contributed by atoms with E-state index in [-0.39, 0.29) is 11.5 Å². The minimum atomic E-state index is -0.414. The van der Waals surface area contributed by atoms with Gasteiger partial charge in [0.15, 0.2) is 11.5 Å². The highest BCUT2D eigenvalue weighted by molar-refractivity contribution is 5.60. The third-order valence-electron chi connectivity index (χ3n) is 5.47. The van der Waals surface area contributed by atoms with Crippen molar-refractivity contribution in [3.05, 3.63) is 35.4 Å². The monoisotopic (exact) mass is 301 g/mol. The standard InChI is InChI=1S/C18H23NO3/c1-19-9-6-12-3-4-14(21-2)17-16(12)18(8-10-19)7-5-13(20)11-15(18)22-17/h3-5,7,13,15,20H,6,8-11H2,1-2H3/t13-,15-,18-/m0/s1. The summed E-state index contributed by atoms with van der Waals surface area (Å²) in [6, 6.07) is 4.20. The lowest BCUT2D eigenvalue weighted by molar-refractivity contribution is 0.0801. The first-order chi connectivity index (χ1) is 10.6. The average molecular weight is 301 g/mol. The molecule has 2 aliphatic heterocycles. The lowest BCUT2D eigenvalue weighted by atomic mass is 9.67. The van der Waals surface area contributed by atoms with E-state index in [2.05, 4.69) is 24.1 Å². The Labute approximate surface area is 131 Å². The van der Waals surface area contributed by atoms with Gasteiger partial charge in [0.2, 0.25) is 0 Å². The van der Waals surface area contributed by atoms with Crippen molar-refractivity contribution in [2.75, 3.05) is 27.2 Å². The van der Waals surface area contributed by atoms with Crippen LogP contribution in [0.25, 0.3) is 0 Å². The summed E-state index contributed by atoms with van der Waals surface area (Å²) >= 11 is 0. The number of hydrogen-bond donors (Lipinski definition) is 1. The molecule has 0 unspecified atom stereocenters. The predicted molar refractivity (Wildman–Crippen MR) is 84.7 cm³/mol. The van der Waals surface area contributed by atoms with E-state index in [1.807, 2.05) is 12.1 Å². The second-order valence-electron chi connectivity index (χ2n) is 6.74. The van der Waals surface area contributed by atoms with Crippen LogP contribution in [0.2, 0.25) is 0 Å². The highest BCUT2D eigenvalue weighted by Gasteiger charge is 2.52. The Bertz CT molecular complexity index is 627. The molecule has 0 fully saturated rings. The minimum Gasteiger partial charge on any atom is -0.493 e. The van der Waals surface area contributed by atoms with Gasteiger partial charge < -0.3 is 19.5 Å². The van der Waals surface area contributed by atoms with Crippen molar-refractivity contribution < 1.29 is 14.6 Å². The number of methoxy groups -OCH3 is 1. The van der Waals surface area contributed by atoms with E-state index in [1.54, 1.807) is 7.11 Å². The molecule has 118 valence electrons. The summed E-state index contributed by atoms with van der Waals surface area (Å²) in [7, 11) is 3.87. The van der Waals surface area contributed by atoms with Gasteiger partial charge in [-0.15, -0.1) is 0 Å². The van der Waals surface area contributed by atoms with E-state index in [0.29, 0.717) is 6.42 Å². The Kier molecular flexibility index (Phi) is 3.20. The lowest BCUT2D eigenvalue weighted by Crippen LogP contribution is -2.45.